The molecule has 2 aromatic rings. The lowest BCUT2D eigenvalue weighted by molar-refractivity contribution is 0.698. The highest BCUT2D eigenvalue weighted by molar-refractivity contribution is 6.30. The van der Waals surface area contributed by atoms with Crippen LogP contribution in [0.25, 0.3) is 0 Å². The van der Waals surface area contributed by atoms with Crippen LogP contribution in [0.2, 0.25) is 5.15 Å². The Morgan fingerprint density at radius 1 is 1.41 bits per heavy atom. The number of nitrogens with zero attached hydrogens (tertiary/aromatic N) is 3. The molecule has 0 aliphatic rings. The smallest absolute Gasteiger partial charge is 0.137 e. The van der Waals surface area contributed by atoms with Crippen LogP contribution in [-0.2, 0) is 0 Å². The molecule has 0 fully saturated rings. The van der Waals surface area contributed by atoms with Crippen molar-refractivity contribution in [2.45, 2.75) is 26.3 Å². The van der Waals surface area contributed by atoms with Gasteiger partial charge in [-0.1, -0.05) is 18.5 Å². The minimum absolute atomic E-state index is 0.0923. The molecule has 2 heterocycles. The van der Waals surface area contributed by atoms with E-state index in [0.29, 0.717) is 5.15 Å². The van der Waals surface area contributed by atoms with Gasteiger partial charge in [-0.05, 0) is 13.3 Å². The molecule has 0 saturated heterocycles. The number of rotatable bonds is 4. The van der Waals surface area contributed by atoms with Gasteiger partial charge in [-0.3, -0.25) is 0 Å². The molecule has 5 nitrogen and oxygen atoms in total. The zero-order valence-electron chi connectivity index (χ0n) is 9.74. The van der Waals surface area contributed by atoms with Crippen LogP contribution in [0.5, 0.6) is 0 Å². The molecule has 0 spiro atoms. The van der Waals surface area contributed by atoms with E-state index >= 15 is 0 Å². The molecule has 2 N–H and O–H groups in total. The van der Waals surface area contributed by atoms with Crippen LogP contribution < -0.4 is 5.32 Å². The Morgan fingerprint density at radius 2 is 2.24 bits per heavy atom. The first-order valence-electron chi connectivity index (χ1n) is 5.45. The van der Waals surface area contributed by atoms with Crippen molar-refractivity contribution < 1.29 is 0 Å². The summed E-state index contributed by atoms with van der Waals surface area (Å²) in [5.41, 5.74) is 0.846. The van der Waals surface area contributed by atoms with Gasteiger partial charge in [0.1, 0.15) is 23.1 Å². The van der Waals surface area contributed by atoms with Crippen molar-refractivity contribution in [2.75, 3.05) is 5.32 Å². The van der Waals surface area contributed by atoms with Gasteiger partial charge in [0, 0.05) is 18.0 Å². The van der Waals surface area contributed by atoms with Gasteiger partial charge in [-0.15, -0.1) is 0 Å². The van der Waals surface area contributed by atoms with E-state index in [9.17, 15) is 0 Å². The van der Waals surface area contributed by atoms with Gasteiger partial charge < -0.3 is 10.3 Å². The van der Waals surface area contributed by atoms with Crippen LogP contribution in [-0.4, -0.2) is 19.9 Å². The molecule has 2 aromatic heterocycles. The molecule has 6 heteroatoms. The van der Waals surface area contributed by atoms with E-state index in [1.807, 2.05) is 6.92 Å². The second kappa shape index (κ2) is 5.14. The standard InChI is InChI=1S/C11H14ClN5/c1-3-8(11-13-4-5-14-11)17-10-7(2)9(12)15-6-16-10/h4-6,8H,3H2,1-2H3,(H,13,14)(H,15,16,17). The predicted octanol–water partition coefficient (Wildman–Crippen LogP) is 2.72. The number of imidazole rings is 1. The highest BCUT2D eigenvalue weighted by atomic mass is 35.5. The van der Waals surface area contributed by atoms with Gasteiger partial charge in [0.15, 0.2) is 0 Å². The Bertz CT molecular complexity index is 483. The van der Waals surface area contributed by atoms with Gasteiger partial charge in [0.25, 0.3) is 0 Å². The SMILES string of the molecule is CCC(Nc1ncnc(Cl)c1C)c1ncc[nH]1. The molecule has 17 heavy (non-hydrogen) atoms. The van der Waals surface area contributed by atoms with Crippen LogP contribution in [0.15, 0.2) is 18.7 Å². The van der Waals surface area contributed by atoms with E-state index in [0.717, 1.165) is 23.6 Å². The van der Waals surface area contributed by atoms with E-state index in [2.05, 4.69) is 32.2 Å². The average molecular weight is 252 g/mol. The summed E-state index contributed by atoms with van der Waals surface area (Å²) < 4.78 is 0. The number of nitrogens with one attached hydrogen (secondary N) is 2. The summed E-state index contributed by atoms with van der Waals surface area (Å²) in [6.07, 6.45) is 5.89. The largest absolute Gasteiger partial charge is 0.360 e. The number of aromatic amines is 1. The first-order valence-corrected chi connectivity index (χ1v) is 5.83. The number of H-pyrrole nitrogens is 1. The zero-order chi connectivity index (χ0) is 12.3. The fourth-order valence-corrected chi connectivity index (χ4v) is 1.70. The number of halogens is 1. The normalized spacial score (nSPS) is 12.4. The first kappa shape index (κ1) is 11.9. The summed E-state index contributed by atoms with van der Waals surface area (Å²) >= 11 is 5.95. The Kier molecular flexibility index (Phi) is 3.58. The monoisotopic (exact) mass is 251 g/mol. The second-order valence-corrected chi connectivity index (χ2v) is 4.08. The fourth-order valence-electron chi connectivity index (χ4n) is 1.57. The Hall–Kier alpha value is -1.62. The Balaban J connectivity index is 2.22. The highest BCUT2D eigenvalue weighted by Gasteiger charge is 2.14. The molecule has 0 aliphatic carbocycles. The molecule has 0 radical (unpaired) electrons. The topological polar surface area (TPSA) is 66.5 Å². The molecule has 0 saturated carbocycles. The average Bonchev–Trinajstić information content (AvgIpc) is 2.85. The maximum Gasteiger partial charge on any atom is 0.137 e. The third-order valence-corrected chi connectivity index (χ3v) is 2.97. The molecule has 0 amide bonds. The van der Waals surface area contributed by atoms with E-state index in [-0.39, 0.29) is 6.04 Å². The van der Waals surface area contributed by atoms with Crippen molar-refractivity contribution in [3.8, 4) is 0 Å². The van der Waals surface area contributed by atoms with Crippen molar-refractivity contribution in [3.05, 3.63) is 35.3 Å². The molecule has 1 atom stereocenters. The number of hydrogen-bond donors (Lipinski definition) is 2. The summed E-state index contributed by atoms with van der Waals surface area (Å²) in [4.78, 5) is 15.4. The lowest BCUT2D eigenvalue weighted by atomic mass is 10.2. The minimum Gasteiger partial charge on any atom is -0.360 e. The van der Waals surface area contributed by atoms with E-state index in [4.69, 9.17) is 11.6 Å². The predicted molar refractivity (Wildman–Crippen MR) is 67.0 cm³/mol. The zero-order valence-corrected chi connectivity index (χ0v) is 10.5. The van der Waals surface area contributed by atoms with Crippen LogP contribution in [0, 0.1) is 6.92 Å². The van der Waals surface area contributed by atoms with Crippen LogP contribution in [0.1, 0.15) is 30.8 Å². The summed E-state index contributed by atoms with van der Waals surface area (Å²) in [7, 11) is 0. The van der Waals surface area contributed by atoms with Crippen LogP contribution >= 0.6 is 11.6 Å². The quantitative estimate of drug-likeness (QED) is 0.820. The molecule has 0 bridgehead atoms. The van der Waals surface area contributed by atoms with Gasteiger partial charge in [-0.2, -0.15) is 0 Å². The van der Waals surface area contributed by atoms with Crippen molar-refractivity contribution in [2.24, 2.45) is 0 Å². The van der Waals surface area contributed by atoms with Crippen molar-refractivity contribution in [3.63, 3.8) is 0 Å². The third-order valence-electron chi connectivity index (χ3n) is 2.59. The second-order valence-electron chi connectivity index (χ2n) is 3.72. The Labute approximate surface area is 105 Å². The number of anilines is 1. The highest BCUT2D eigenvalue weighted by Crippen LogP contribution is 2.23. The van der Waals surface area contributed by atoms with Gasteiger partial charge in [0.05, 0.1) is 6.04 Å². The van der Waals surface area contributed by atoms with E-state index in [1.54, 1.807) is 12.4 Å². The summed E-state index contributed by atoms with van der Waals surface area (Å²) in [6, 6.07) is 0.0923. The number of hydrogen-bond acceptors (Lipinski definition) is 4. The maximum atomic E-state index is 5.95. The minimum atomic E-state index is 0.0923. The molecule has 2 rings (SSSR count). The van der Waals surface area contributed by atoms with E-state index < -0.39 is 0 Å². The third kappa shape index (κ3) is 2.55. The molecular weight excluding hydrogens is 238 g/mol. The lowest BCUT2D eigenvalue weighted by Gasteiger charge is -2.16. The van der Waals surface area contributed by atoms with Crippen molar-refractivity contribution in [1.29, 1.82) is 0 Å². The van der Waals surface area contributed by atoms with Gasteiger partial charge in [0.2, 0.25) is 0 Å². The molecular formula is C11H14ClN5. The maximum absolute atomic E-state index is 5.95. The van der Waals surface area contributed by atoms with Crippen LogP contribution in [0.4, 0.5) is 5.82 Å². The number of aromatic nitrogens is 4. The summed E-state index contributed by atoms with van der Waals surface area (Å²) in [5.74, 6) is 1.63. The molecule has 90 valence electrons. The van der Waals surface area contributed by atoms with Gasteiger partial charge >= 0.3 is 0 Å². The first-order chi connectivity index (χ1) is 8.22. The fraction of sp³-hybridized carbons (Fsp3) is 0.364. The summed E-state index contributed by atoms with van der Waals surface area (Å²) in [6.45, 7) is 3.97. The van der Waals surface area contributed by atoms with E-state index in [1.165, 1.54) is 6.33 Å². The van der Waals surface area contributed by atoms with Crippen LogP contribution in [0.3, 0.4) is 0 Å². The van der Waals surface area contributed by atoms with Crippen molar-refractivity contribution >= 4 is 17.4 Å². The molecule has 1 unspecified atom stereocenters. The van der Waals surface area contributed by atoms with Gasteiger partial charge in [-0.25, -0.2) is 15.0 Å². The molecule has 0 aliphatic heterocycles. The lowest BCUT2D eigenvalue weighted by Crippen LogP contribution is -2.13. The summed E-state index contributed by atoms with van der Waals surface area (Å²) in [5, 5.41) is 3.78. The Morgan fingerprint density at radius 3 is 2.88 bits per heavy atom. The van der Waals surface area contributed by atoms with Crippen molar-refractivity contribution in [1.82, 2.24) is 19.9 Å². The molecule has 0 aromatic carbocycles.